The zero-order valence-electron chi connectivity index (χ0n) is 14.4. The fraction of sp³-hybridized carbons (Fsp3) is 0.429. The Bertz CT molecular complexity index is 666. The Morgan fingerprint density at radius 2 is 1.72 bits per heavy atom. The summed E-state index contributed by atoms with van der Waals surface area (Å²) in [6.45, 7) is 1.48. The first-order valence-corrected chi connectivity index (χ1v) is 9.87. The normalized spacial score (nSPS) is 15.1. The first-order valence-electron chi connectivity index (χ1n) is 9.11. The summed E-state index contributed by atoms with van der Waals surface area (Å²) in [4.78, 5) is 0. The summed E-state index contributed by atoms with van der Waals surface area (Å²) >= 11 is 12.1. The van der Waals surface area contributed by atoms with E-state index in [9.17, 15) is 0 Å². The van der Waals surface area contributed by atoms with E-state index in [1.165, 1.54) is 38.5 Å². The van der Waals surface area contributed by atoms with E-state index in [1.807, 2.05) is 36.4 Å². The van der Waals surface area contributed by atoms with Gasteiger partial charge in [-0.1, -0.05) is 61.4 Å². The van der Waals surface area contributed by atoms with E-state index in [0.717, 1.165) is 29.5 Å². The lowest BCUT2D eigenvalue weighted by Crippen LogP contribution is -2.10. The van der Waals surface area contributed by atoms with Gasteiger partial charge in [0, 0.05) is 22.3 Å². The van der Waals surface area contributed by atoms with E-state index < -0.39 is 0 Å². The van der Waals surface area contributed by atoms with Gasteiger partial charge >= 0.3 is 0 Å². The third kappa shape index (κ3) is 5.83. The van der Waals surface area contributed by atoms with Crippen LogP contribution < -0.4 is 10.1 Å². The van der Waals surface area contributed by atoms with Gasteiger partial charge in [0.2, 0.25) is 0 Å². The summed E-state index contributed by atoms with van der Waals surface area (Å²) in [5.74, 6) is 1.80. The van der Waals surface area contributed by atoms with Crippen molar-refractivity contribution in [2.45, 2.75) is 45.1 Å². The SMILES string of the molecule is Clc1ccc(CNc2ccc(OCCC3CCCCC3)cc2)c(Cl)c1. The summed E-state index contributed by atoms with van der Waals surface area (Å²) in [5, 5.41) is 4.71. The number of nitrogens with one attached hydrogen (secondary N) is 1. The van der Waals surface area contributed by atoms with Crippen LogP contribution in [0.5, 0.6) is 5.75 Å². The quantitative estimate of drug-likeness (QED) is 0.563. The average molecular weight is 378 g/mol. The summed E-state index contributed by atoms with van der Waals surface area (Å²) in [6.07, 6.45) is 8.12. The van der Waals surface area contributed by atoms with Gasteiger partial charge in [0.1, 0.15) is 5.75 Å². The molecule has 4 heteroatoms. The molecule has 2 aromatic rings. The fourth-order valence-electron chi connectivity index (χ4n) is 3.35. The molecule has 1 N–H and O–H groups in total. The molecule has 0 aliphatic heterocycles. The van der Waals surface area contributed by atoms with Crippen molar-refractivity contribution in [3.63, 3.8) is 0 Å². The smallest absolute Gasteiger partial charge is 0.119 e. The molecule has 1 saturated carbocycles. The monoisotopic (exact) mass is 377 g/mol. The third-order valence-electron chi connectivity index (χ3n) is 4.87. The maximum Gasteiger partial charge on any atom is 0.119 e. The van der Waals surface area contributed by atoms with Crippen molar-refractivity contribution >= 4 is 28.9 Å². The van der Waals surface area contributed by atoms with Gasteiger partial charge in [0.25, 0.3) is 0 Å². The standard InChI is InChI=1S/C21H25Cl2NO/c22-18-7-6-17(21(23)14-18)15-24-19-8-10-20(11-9-19)25-13-12-16-4-2-1-3-5-16/h6-11,14,16,24H,1-5,12-13,15H2. The minimum atomic E-state index is 0.656. The van der Waals surface area contributed by atoms with E-state index in [-0.39, 0.29) is 0 Å². The van der Waals surface area contributed by atoms with Crippen LogP contribution in [-0.2, 0) is 6.54 Å². The summed E-state index contributed by atoms with van der Waals surface area (Å²) in [5.41, 5.74) is 2.07. The van der Waals surface area contributed by atoms with Gasteiger partial charge < -0.3 is 10.1 Å². The van der Waals surface area contributed by atoms with Crippen LogP contribution in [0, 0.1) is 5.92 Å². The van der Waals surface area contributed by atoms with E-state index >= 15 is 0 Å². The molecule has 25 heavy (non-hydrogen) atoms. The Morgan fingerprint density at radius 3 is 2.44 bits per heavy atom. The first kappa shape index (κ1) is 18.4. The molecule has 0 amide bonds. The highest BCUT2D eigenvalue weighted by molar-refractivity contribution is 6.35. The maximum absolute atomic E-state index is 6.20. The van der Waals surface area contributed by atoms with E-state index in [1.54, 1.807) is 6.07 Å². The van der Waals surface area contributed by atoms with Crippen LogP contribution >= 0.6 is 23.2 Å². The lowest BCUT2D eigenvalue weighted by Gasteiger charge is -2.21. The van der Waals surface area contributed by atoms with Crippen LogP contribution in [-0.4, -0.2) is 6.61 Å². The lowest BCUT2D eigenvalue weighted by molar-refractivity contribution is 0.246. The number of benzene rings is 2. The van der Waals surface area contributed by atoms with Crippen LogP contribution in [0.4, 0.5) is 5.69 Å². The molecular formula is C21H25Cl2NO. The molecule has 0 spiro atoms. The summed E-state index contributed by atoms with van der Waals surface area (Å²) < 4.78 is 5.90. The third-order valence-corrected chi connectivity index (χ3v) is 5.46. The van der Waals surface area contributed by atoms with Gasteiger partial charge in [-0.2, -0.15) is 0 Å². The van der Waals surface area contributed by atoms with Crippen molar-refractivity contribution in [2.75, 3.05) is 11.9 Å². The molecule has 2 nitrogen and oxygen atoms in total. The van der Waals surface area contributed by atoms with Crippen molar-refractivity contribution in [3.05, 3.63) is 58.1 Å². The molecule has 2 aromatic carbocycles. The van der Waals surface area contributed by atoms with Gasteiger partial charge in [0.05, 0.1) is 6.61 Å². The van der Waals surface area contributed by atoms with Gasteiger partial charge in [-0.3, -0.25) is 0 Å². The van der Waals surface area contributed by atoms with E-state index in [0.29, 0.717) is 16.6 Å². The molecule has 0 saturated heterocycles. The van der Waals surface area contributed by atoms with Crippen LogP contribution in [0.15, 0.2) is 42.5 Å². The Kier molecular flexibility index (Phi) is 6.89. The lowest BCUT2D eigenvalue weighted by atomic mass is 9.87. The highest BCUT2D eigenvalue weighted by Crippen LogP contribution is 2.27. The number of ether oxygens (including phenoxy) is 1. The molecule has 0 radical (unpaired) electrons. The number of anilines is 1. The minimum Gasteiger partial charge on any atom is -0.494 e. The molecule has 0 bridgehead atoms. The molecular weight excluding hydrogens is 353 g/mol. The number of halogens is 2. The second-order valence-electron chi connectivity index (χ2n) is 6.75. The number of hydrogen-bond acceptors (Lipinski definition) is 2. The van der Waals surface area contributed by atoms with Crippen LogP contribution in [0.25, 0.3) is 0 Å². The zero-order valence-corrected chi connectivity index (χ0v) is 16.0. The predicted octanol–water partition coefficient (Wildman–Crippen LogP) is 6.95. The highest BCUT2D eigenvalue weighted by atomic mass is 35.5. The van der Waals surface area contributed by atoms with Crippen LogP contribution in [0.1, 0.15) is 44.1 Å². The van der Waals surface area contributed by atoms with Crippen molar-refractivity contribution in [3.8, 4) is 5.75 Å². The largest absolute Gasteiger partial charge is 0.494 e. The first-order chi connectivity index (χ1) is 12.2. The van der Waals surface area contributed by atoms with Crippen LogP contribution in [0.3, 0.4) is 0 Å². The van der Waals surface area contributed by atoms with Gasteiger partial charge in [-0.25, -0.2) is 0 Å². The Morgan fingerprint density at radius 1 is 0.960 bits per heavy atom. The molecule has 0 heterocycles. The average Bonchev–Trinajstić information content (AvgIpc) is 2.63. The second kappa shape index (κ2) is 9.35. The molecule has 3 rings (SSSR count). The van der Waals surface area contributed by atoms with Gasteiger partial charge in [-0.05, 0) is 54.3 Å². The van der Waals surface area contributed by atoms with Crippen molar-refractivity contribution in [2.24, 2.45) is 5.92 Å². The fourth-order valence-corrected chi connectivity index (χ4v) is 3.83. The van der Waals surface area contributed by atoms with Gasteiger partial charge in [-0.15, -0.1) is 0 Å². The molecule has 1 aliphatic rings. The van der Waals surface area contributed by atoms with Crippen molar-refractivity contribution < 1.29 is 4.74 Å². The predicted molar refractivity (Wildman–Crippen MR) is 107 cm³/mol. The Labute approximate surface area is 160 Å². The molecule has 1 fully saturated rings. The maximum atomic E-state index is 6.20. The van der Waals surface area contributed by atoms with E-state index in [4.69, 9.17) is 27.9 Å². The highest BCUT2D eigenvalue weighted by Gasteiger charge is 2.13. The zero-order chi connectivity index (χ0) is 17.5. The topological polar surface area (TPSA) is 21.3 Å². The summed E-state index contributed by atoms with van der Waals surface area (Å²) in [7, 11) is 0. The Hall–Kier alpha value is -1.38. The van der Waals surface area contributed by atoms with Crippen LogP contribution in [0.2, 0.25) is 10.0 Å². The molecule has 0 atom stereocenters. The second-order valence-corrected chi connectivity index (χ2v) is 7.60. The van der Waals surface area contributed by atoms with Crippen molar-refractivity contribution in [1.82, 2.24) is 0 Å². The number of hydrogen-bond donors (Lipinski definition) is 1. The molecule has 1 aliphatic carbocycles. The Balaban J connectivity index is 1.43. The molecule has 134 valence electrons. The van der Waals surface area contributed by atoms with E-state index in [2.05, 4.69) is 5.32 Å². The molecule has 0 aromatic heterocycles. The van der Waals surface area contributed by atoms with Gasteiger partial charge in [0.15, 0.2) is 0 Å². The molecule has 0 unspecified atom stereocenters. The summed E-state index contributed by atoms with van der Waals surface area (Å²) in [6, 6.07) is 13.7. The number of rotatable bonds is 7. The minimum absolute atomic E-state index is 0.656. The van der Waals surface area contributed by atoms with Crippen molar-refractivity contribution in [1.29, 1.82) is 0 Å².